The summed E-state index contributed by atoms with van der Waals surface area (Å²) in [6.07, 6.45) is 1.28. The van der Waals surface area contributed by atoms with Gasteiger partial charge in [-0.15, -0.1) is 11.3 Å². The number of aryl methyl sites for hydroxylation is 3. The van der Waals surface area contributed by atoms with Crippen molar-refractivity contribution < 1.29 is 4.79 Å². The van der Waals surface area contributed by atoms with Gasteiger partial charge in [0.2, 0.25) is 5.91 Å². The molecular formula is C14H16N2OS. The summed E-state index contributed by atoms with van der Waals surface area (Å²) in [5, 5.41) is 4.87. The Hall–Kier alpha value is -1.68. The first-order chi connectivity index (χ1) is 8.63. The quantitative estimate of drug-likeness (QED) is 0.916. The molecule has 4 heteroatoms. The third-order valence-corrected chi connectivity index (χ3v) is 3.48. The molecule has 18 heavy (non-hydrogen) atoms. The number of aromatic nitrogens is 1. The minimum absolute atomic E-state index is 0.0147. The molecule has 0 saturated carbocycles. The van der Waals surface area contributed by atoms with Gasteiger partial charge in [0, 0.05) is 17.0 Å². The lowest BCUT2D eigenvalue weighted by atomic mass is 10.2. The van der Waals surface area contributed by atoms with Crippen LogP contribution in [0.1, 0.15) is 22.6 Å². The highest BCUT2D eigenvalue weighted by atomic mass is 32.1. The molecule has 0 aromatic carbocycles. The molecule has 0 aliphatic carbocycles. The first-order valence-electron chi connectivity index (χ1n) is 5.91. The lowest BCUT2D eigenvalue weighted by Gasteiger charge is -2.06. The van der Waals surface area contributed by atoms with Gasteiger partial charge in [-0.05, 0) is 49.4 Å². The Morgan fingerprint density at radius 2 is 2.22 bits per heavy atom. The maximum Gasteiger partial charge on any atom is 0.225 e. The van der Waals surface area contributed by atoms with Crippen LogP contribution < -0.4 is 5.32 Å². The fourth-order valence-corrected chi connectivity index (χ4v) is 2.51. The molecule has 0 bridgehead atoms. The zero-order valence-corrected chi connectivity index (χ0v) is 11.4. The van der Waals surface area contributed by atoms with Crippen molar-refractivity contribution in [3.05, 3.63) is 45.8 Å². The number of hydrogen-bond acceptors (Lipinski definition) is 3. The van der Waals surface area contributed by atoms with E-state index in [4.69, 9.17) is 0 Å². The van der Waals surface area contributed by atoms with Crippen LogP contribution in [0.3, 0.4) is 0 Å². The van der Waals surface area contributed by atoms with E-state index in [0.717, 1.165) is 17.7 Å². The molecule has 0 saturated heterocycles. The molecule has 1 N–H and O–H groups in total. The molecule has 1 amide bonds. The van der Waals surface area contributed by atoms with E-state index in [9.17, 15) is 4.79 Å². The first-order valence-corrected chi connectivity index (χ1v) is 6.79. The summed E-state index contributed by atoms with van der Waals surface area (Å²) in [5.74, 6) is 0.657. The molecule has 2 aromatic rings. The Balaban J connectivity index is 1.90. The summed E-state index contributed by atoms with van der Waals surface area (Å²) in [6, 6.07) is 7.92. The summed E-state index contributed by atoms with van der Waals surface area (Å²) in [7, 11) is 0. The van der Waals surface area contributed by atoms with E-state index in [-0.39, 0.29) is 5.91 Å². The highest BCUT2D eigenvalue weighted by molar-refractivity contribution is 7.09. The van der Waals surface area contributed by atoms with E-state index in [2.05, 4.69) is 10.3 Å². The van der Waals surface area contributed by atoms with Gasteiger partial charge in [-0.2, -0.15) is 0 Å². The van der Waals surface area contributed by atoms with E-state index < -0.39 is 0 Å². The number of nitrogens with one attached hydrogen (secondary N) is 1. The second-order valence-electron chi connectivity index (χ2n) is 4.30. The van der Waals surface area contributed by atoms with Gasteiger partial charge < -0.3 is 5.32 Å². The third-order valence-electron chi connectivity index (χ3n) is 2.54. The molecule has 0 aliphatic rings. The van der Waals surface area contributed by atoms with Crippen molar-refractivity contribution in [1.82, 2.24) is 4.98 Å². The Morgan fingerprint density at radius 1 is 1.39 bits per heavy atom. The van der Waals surface area contributed by atoms with Crippen molar-refractivity contribution >= 4 is 23.1 Å². The lowest BCUT2D eigenvalue weighted by molar-refractivity contribution is -0.116. The summed E-state index contributed by atoms with van der Waals surface area (Å²) in [5.41, 5.74) is 2.03. The van der Waals surface area contributed by atoms with E-state index in [1.54, 1.807) is 11.3 Å². The predicted octanol–water partition coefficient (Wildman–Crippen LogP) is 3.33. The second kappa shape index (κ2) is 5.78. The zero-order valence-electron chi connectivity index (χ0n) is 10.6. The molecule has 0 radical (unpaired) electrons. The number of carbonyl (C=O) groups excluding carboxylic acids is 1. The van der Waals surface area contributed by atoms with Crippen LogP contribution in [0.2, 0.25) is 0 Å². The van der Waals surface area contributed by atoms with Gasteiger partial charge in [0.1, 0.15) is 5.82 Å². The highest BCUT2D eigenvalue weighted by Gasteiger charge is 2.05. The largest absolute Gasteiger partial charge is 0.311 e. The number of anilines is 1. The van der Waals surface area contributed by atoms with Crippen molar-refractivity contribution in [3.8, 4) is 0 Å². The van der Waals surface area contributed by atoms with E-state index >= 15 is 0 Å². The molecular weight excluding hydrogens is 244 g/mol. The monoisotopic (exact) mass is 260 g/mol. The molecule has 0 spiro atoms. The van der Waals surface area contributed by atoms with Gasteiger partial charge >= 0.3 is 0 Å². The standard InChI is InChI=1S/C14H16N2OS/c1-10-8-11(2)15-13(9-10)16-14(17)6-5-12-4-3-7-18-12/h3-4,7-9H,5-6H2,1-2H3,(H,15,16,17). The second-order valence-corrected chi connectivity index (χ2v) is 5.33. The van der Waals surface area contributed by atoms with Crippen LogP contribution in [0.4, 0.5) is 5.82 Å². The molecule has 0 unspecified atom stereocenters. The van der Waals surface area contributed by atoms with Gasteiger partial charge in [0.25, 0.3) is 0 Å². The topological polar surface area (TPSA) is 42.0 Å². The summed E-state index contributed by atoms with van der Waals surface area (Å²) in [4.78, 5) is 17.3. The molecule has 0 atom stereocenters. The molecule has 2 rings (SSSR count). The Morgan fingerprint density at radius 3 is 2.89 bits per heavy atom. The fraction of sp³-hybridized carbons (Fsp3) is 0.286. The van der Waals surface area contributed by atoms with Gasteiger partial charge in [-0.1, -0.05) is 6.07 Å². The summed E-state index contributed by atoms with van der Waals surface area (Å²) < 4.78 is 0. The molecule has 0 fully saturated rings. The van der Waals surface area contributed by atoms with Crippen LogP contribution in [-0.4, -0.2) is 10.9 Å². The average Bonchev–Trinajstić information content (AvgIpc) is 2.77. The number of thiophene rings is 1. The van der Waals surface area contributed by atoms with Crippen molar-refractivity contribution in [2.75, 3.05) is 5.32 Å². The Labute approximate surface area is 111 Å². The zero-order chi connectivity index (χ0) is 13.0. The third kappa shape index (κ3) is 3.67. The SMILES string of the molecule is Cc1cc(C)nc(NC(=O)CCc2cccs2)c1. The number of amides is 1. The first kappa shape index (κ1) is 12.8. The minimum atomic E-state index is 0.0147. The number of hydrogen-bond donors (Lipinski definition) is 1. The van der Waals surface area contributed by atoms with Gasteiger partial charge in [0.15, 0.2) is 0 Å². The number of rotatable bonds is 4. The van der Waals surface area contributed by atoms with Crippen LogP contribution in [-0.2, 0) is 11.2 Å². The van der Waals surface area contributed by atoms with Crippen molar-refractivity contribution in [2.24, 2.45) is 0 Å². The van der Waals surface area contributed by atoms with Crippen molar-refractivity contribution in [2.45, 2.75) is 26.7 Å². The Kier molecular flexibility index (Phi) is 4.10. The maximum absolute atomic E-state index is 11.8. The van der Waals surface area contributed by atoms with Gasteiger partial charge in [0.05, 0.1) is 0 Å². The maximum atomic E-state index is 11.8. The van der Waals surface area contributed by atoms with E-state index in [1.807, 2.05) is 43.5 Å². The van der Waals surface area contributed by atoms with Crippen LogP contribution >= 0.6 is 11.3 Å². The Bertz CT molecular complexity index is 514. The van der Waals surface area contributed by atoms with Crippen LogP contribution in [0, 0.1) is 13.8 Å². The molecule has 2 aromatic heterocycles. The average molecular weight is 260 g/mol. The number of nitrogens with zero attached hydrogens (tertiary/aromatic N) is 1. The van der Waals surface area contributed by atoms with Gasteiger partial charge in [-0.3, -0.25) is 4.79 Å². The highest BCUT2D eigenvalue weighted by Crippen LogP contribution is 2.13. The fourth-order valence-electron chi connectivity index (χ4n) is 1.80. The molecule has 2 heterocycles. The van der Waals surface area contributed by atoms with Crippen LogP contribution in [0.5, 0.6) is 0 Å². The number of carbonyl (C=O) groups is 1. The molecule has 0 aliphatic heterocycles. The smallest absolute Gasteiger partial charge is 0.225 e. The normalized spacial score (nSPS) is 10.3. The van der Waals surface area contributed by atoms with E-state index in [0.29, 0.717) is 12.2 Å². The number of pyridine rings is 1. The molecule has 94 valence electrons. The van der Waals surface area contributed by atoms with Crippen molar-refractivity contribution in [1.29, 1.82) is 0 Å². The summed E-state index contributed by atoms with van der Waals surface area (Å²) >= 11 is 1.68. The summed E-state index contributed by atoms with van der Waals surface area (Å²) in [6.45, 7) is 3.92. The minimum Gasteiger partial charge on any atom is -0.311 e. The van der Waals surface area contributed by atoms with Gasteiger partial charge in [-0.25, -0.2) is 4.98 Å². The molecule has 3 nitrogen and oxygen atoms in total. The van der Waals surface area contributed by atoms with Crippen molar-refractivity contribution in [3.63, 3.8) is 0 Å². The lowest BCUT2D eigenvalue weighted by Crippen LogP contribution is -2.13. The van der Waals surface area contributed by atoms with Crippen LogP contribution in [0.25, 0.3) is 0 Å². The predicted molar refractivity (Wildman–Crippen MR) is 75.0 cm³/mol. The van der Waals surface area contributed by atoms with Crippen LogP contribution in [0.15, 0.2) is 29.6 Å². The van der Waals surface area contributed by atoms with E-state index in [1.165, 1.54) is 4.88 Å².